The van der Waals surface area contributed by atoms with Crippen molar-refractivity contribution in [2.45, 2.75) is 148 Å². The summed E-state index contributed by atoms with van der Waals surface area (Å²) in [7, 11) is 0. The Hall–Kier alpha value is -0.480. The summed E-state index contributed by atoms with van der Waals surface area (Å²) >= 11 is 0. The second-order valence-electron chi connectivity index (χ2n) is 8.03. The van der Waals surface area contributed by atoms with Gasteiger partial charge in [0.15, 0.2) is 0 Å². The molecule has 1 heteroatoms. The molecule has 0 saturated carbocycles. The molecule has 0 heterocycles. The van der Waals surface area contributed by atoms with Crippen LogP contribution in [0.2, 0.25) is 0 Å². The van der Waals surface area contributed by atoms with Crippen LogP contribution in [0, 0.1) is 11.8 Å². The van der Waals surface area contributed by atoms with Crippen LogP contribution in [-0.4, -0.2) is 11.2 Å². The molecule has 0 aromatic heterocycles. The van der Waals surface area contributed by atoms with E-state index in [-0.39, 0.29) is 0 Å². The SMILES string of the molecule is CCCCCCCCCCCCCCC#C[C@@H](O)CCCCCCCC. The first-order valence-corrected chi connectivity index (χ1v) is 12.0. The lowest BCUT2D eigenvalue weighted by atomic mass is 10.0. The van der Waals surface area contributed by atoms with Gasteiger partial charge >= 0.3 is 0 Å². The fourth-order valence-corrected chi connectivity index (χ4v) is 3.43. The number of hydrogen-bond acceptors (Lipinski definition) is 1. The average Bonchev–Trinajstić information content (AvgIpc) is 2.65. The van der Waals surface area contributed by atoms with Gasteiger partial charge in [0.05, 0.1) is 0 Å². The second-order valence-corrected chi connectivity index (χ2v) is 8.03. The lowest BCUT2D eigenvalue weighted by molar-refractivity contribution is 0.217. The maximum Gasteiger partial charge on any atom is 0.114 e. The molecule has 1 atom stereocenters. The Morgan fingerprint density at radius 2 is 0.923 bits per heavy atom. The molecule has 0 saturated heterocycles. The van der Waals surface area contributed by atoms with E-state index in [0.29, 0.717) is 0 Å². The highest BCUT2D eigenvalue weighted by Crippen LogP contribution is 2.12. The van der Waals surface area contributed by atoms with Crippen LogP contribution in [0.25, 0.3) is 0 Å². The van der Waals surface area contributed by atoms with Crippen LogP contribution in [0.4, 0.5) is 0 Å². The van der Waals surface area contributed by atoms with E-state index >= 15 is 0 Å². The van der Waals surface area contributed by atoms with Crippen molar-refractivity contribution in [1.29, 1.82) is 0 Å². The first-order chi connectivity index (χ1) is 12.8. The predicted octanol–water partition coefficient (Wildman–Crippen LogP) is 8.19. The summed E-state index contributed by atoms with van der Waals surface area (Å²) in [5.41, 5.74) is 0. The van der Waals surface area contributed by atoms with Crippen molar-refractivity contribution < 1.29 is 5.11 Å². The van der Waals surface area contributed by atoms with Crippen molar-refractivity contribution in [3.05, 3.63) is 0 Å². The summed E-state index contributed by atoms with van der Waals surface area (Å²) in [6, 6.07) is 0. The summed E-state index contributed by atoms with van der Waals surface area (Å²) < 4.78 is 0. The summed E-state index contributed by atoms with van der Waals surface area (Å²) in [6.45, 7) is 4.53. The summed E-state index contributed by atoms with van der Waals surface area (Å²) in [5.74, 6) is 6.21. The second kappa shape index (κ2) is 22.6. The van der Waals surface area contributed by atoms with E-state index < -0.39 is 6.10 Å². The predicted molar refractivity (Wildman–Crippen MR) is 117 cm³/mol. The van der Waals surface area contributed by atoms with E-state index in [4.69, 9.17) is 0 Å². The van der Waals surface area contributed by atoms with E-state index in [9.17, 15) is 5.11 Å². The Bertz CT molecular complexity index is 312. The topological polar surface area (TPSA) is 20.2 Å². The molecule has 1 nitrogen and oxygen atoms in total. The minimum atomic E-state index is -0.390. The van der Waals surface area contributed by atoms with Crippen molar-refractivity contribution >= 4 is 0 Å². The smallest absolute Gasteiger partial charge is 0.114 e. The van der Waals surface area contributed by atoms with Crippen LogP contribution in [-0.2, 0) is 0 Å². The van der Waals surface area contributed by atoms with Crippen LogP contribution in [0.5, 0.6) is 0 Å². The van der Waals surface area contributed by atoms with Gasteiger partial charge in [0.25, 0.3) is 0 Å². The van der Waals surface area contributed by atoms with Crippen molar-refractivity contribution in [1.82, 2.24) is 0 Å². The summed E-state index contributed by atoms with van der Waals surface area (Å²) in [6.07, 6.45) is 25.7. The molecule has 0 rings (SSSR count). The maximum absolute atomic E-state index is 9.87. The first-order valence-electron chi connectivity index (χ1n) is 12.0. The molecular weight excluding hydrogens is 316 g/mol. The van der Waals surface area contributed by atoms with E-state index in [1.807, 2.05) is 0 Å². The Labute approximate surface area is 165 Å². The monoisotopic (exact) mass is 364 g/mol. The lowest BCUT2D eigenvalue weighted by Gasteiger charge is -2.03. The third-order valence-corrected chi connectivity index (χ3v) is 5.26. The zero-order valence-electron chi connectivity index (χ0n) is 18.2. The summed E-state index contributed by atoms with van der Waals surface area (Å²) in [4.78, 5) is 0. The van der Waals surface area contributed by atoms with E-state index in [1.165, 1.54) is 109 Å². The quantitative estimate of drug-likeness (QED) is 0.181. The summed E-state index contributed by atoms with van der Waals surface area (Å²) in [5, 5.41) is 9.87. The van der Waals surface area contributed by atoms with E-state index in [1.54, 1.807) is 0 Å². The fraction of sp³-hybridized carbons (Fsp3) is 0.920. The molecule has 0 bridgehead atoms. The highest BCUT2D eigenvalue weighted by Gasteiger charge is 1.98. The number of rotatable bonds is 19. The first kappa shape index (κ1) is 25.5. The van der Waals surface area contributed by atoms with Gasteiger partial charge in [-0.05, 0) is 19.3 Å². The van der Waals surface area contributed by atoms with Crippen molar-refractivity contribution in [3.8, 4) is 11.8 Å². The van der Waals surface area contributed by atoms with Crippen molar-refractivity contribution in [2.24, 2.45) is 0 Å². The zero-order chi connectivity index (χ0) is 19.1. The highest BCUT2D eigenvalue weighted by atomic mass is 16.3. The third kappa shape index (κ3) is 21.6. The Balaban J connectivity index is 3.23. The minimum Gasteiger partial charge on any atom is -0.380 e. The molecule has 0 aromatic carbocycles. The van der Waals surface area contributed by atoms with Gasteiger partial charge in [0.1, 0.15) is 6.10 Å². The lowest BCUT2D eigenvalue weighted by Crippen LogP contribution is -2.02. The maximum atomic E-state index is 9.87. The molecule has 0 aliphatic carbocycles. The van der Waals surface area contributed by atoms with Crippen LogP contribution in [0.3, 0.4) is 0 Å². The van der Waals surface area contributed by atoms with Gasteiger partial charge in [-0.15, -0.1) is 5.92 Å². The van der Waals surface area contributed by atoms with Crippen molar-refractivity contribution in [2.75, 3.05) is 0 Å². The highest BCUT2D eigenvalue weighted by molar-refractivity contribution is 5.04. The van der Waals surface area contributed by atoms with Crippen LogP contribution in [0.1, 0.15) is 142 Å². The molecule has 0 aliphatic heterocycles. The molecule has 26 heavy (non-hydrogen) atoms. The standard InChI is InChI=1S/C25H48O/c1-3-5-7-9-11-12-13-14-15-16-17-18-20-22-24-25(26)23-21-19-10-8-6-4-2/h25-26H,3-21,23H2,1-2H3/t25-/m0/s1. The molecule has 0 aliphatic rings. The van der Waals surface area contributed by atoms with E-state index in [2.05, 4.69) is 25.7 Å². The van der Waals surface area contributed by atoms with Gasteiger partial charge in [-0.1, -0.05) is 123 Å². The molecule has 154 valence electrons. The average molecular weight is 365 g/mol. The molecule has 0 radical (unpaired) electrons. The largest absolute Gasteiger partial charge is 0.380 e. The fourth-order valence-electron chi connectivity index (χ4n) is 3.43. The zero-order valence-corrected chi connectivity index (χ0v) is 18.2. The Kier molecular flexibility index (Phi) is 22.1. The van der Waals surface area contributed by atoms with Crippen LogP contribution >= 0.6 is 0 Å². The molecule has 0 aromatic rings. The molecule has 0 amide bonds. The van der Waals surface area contributed by atoms with Gasteiger partial charge in [0, 0.05) is 6.42 Å². The Morgan fingerprint density at radius 3 is 1.38 bits per heavy atom. The number of aliphatic hydroxyl groups excluding tert-OH is 1. The normalized spacial score (nSPS) is 12.0. The van der Waals surface area contributed by atoms with E-state index in [0.717, 1.165) is 19.3 Å². The van der Waals surface area contributed by atoms with Crippen LogP contribution in [0.15, 0.2) is 0 Å². The third-order valence-electron chi connectivity index (χ3n) is 5.26. The molecule has 1 N–H and O–H groups in total. The minimum absolute atomic E-state index is 0.390. The molecule has 0 unspecified atom stereocenters. The number of unbranched alkanes of at least 4 members (excludes halogenated alkanes) is 17. The molecule has 0 spiro atoms. The molecule has 0 fully saturated rings. The molecular formula is C25H48O. The van der Waals surface area contributed by atoms with Gasteiger partial charge in [-0.2, -0.15) is 0 Å². The van der Waals surface area contributed by atoms with Gasteiger partial charge in [-0.3, -0.25) is 0 Å². The Morgan fingerprint density at radius 1 is 0.538 bits per heavy atom. The van der Waals surface area contributed by atoms with Gasteiger partial charge < -0.3 is 5.11 Å². The number of hydrogen-bond donors (Lipinski definition) is 1. The number of aliphatic hydroxyl groups is 1. The van der Waals surface area contributed by atoms with Crippen LogP contribution < -0.4 is 0 Å². The van der Waals surface area contributed by atoms with Gasteiger partial charge in [-0.25, -0.2) is 0 Å². The van der Waals surface area contributed by atoms with Crippen molar-refractivity contribution in [3.63, 3.8) is 0 Å². The van der Waals surface area contributed by atoms with Gasteiger partial charge in [0.2, 0.25) is 0 Å².